The highest BCUT2D eigenvalue weighted by Gasteiger charge is 2.54. The summed E-state index contributed by atoms with van der Waals surface area (Å²) in [6.07, 6.45) is 1.38. The fourth-order valence-electron chi connectivity index (χ4n) is 3.76. The Morgan fingerprint density at radius 1 is 1.50 bits per heavy atom. The number of carboxylic acid groups (broad SMARTS) is 1. The molecule has 7 N–H and O–H groups in total. The molecule has 3 atom stereocenters. The van der Waals surface area contributed by atoms with Crippen LogP contribution < -0.4 is 16.8 Å². The molecule has 1 aromatic heterocycles. The molecule has 2 amide bonds. The molecule has 3 aliphatic rings. The molecule has 0 radical (unpaired) electrons. The maximum atomic E-state index is 13.1. The summed E-state index contributed by atoms with van der Waals surface area (Å²) in [5.74, 6) is -1.80. The second-order valence-corrected chi connectivity index (χ2v) is 11.2. The van der Waals surface area contributed by atoms with E-state index >= 15 is 0 Å². The number of β-lactam (4-membered cyclic amide) rings is 1. The topological polar surface area (TPSA) is 213 Å². The molecule has 2 unspecified atom stereocenters. The third-order valence-electron chi connectivity index (χ3n) is 5.67. The van der Waals surface area contributed by atoms with Crippen LogP contribution in [-0.4, -0.2) is 97.1 Å². The van der Waals surface area contributed by atoms with E-state index < -0.39 is 35.4 Å². The Hall–Kier alpha value is -3.41. The maximum absolute atomic E-state index is 13.1. The van der Waals surface area contributed by atoms with Crippen molar-refractivity contribution in [2.45, 2.75) is 24.0 Å². The minimum atomic E-state index is -1.24. The van der Waals surface area contributed by atoms with Gasteiger partial charge < -0.3 is 31.6 Å². The van der Waals surface area contributed by atoms with E-state index in [1.807, 2.05) is 0 Å². The molecule has 0 aliphatic carbocycles. The van der Waals surface area contributed by atoms with Crippen LogP contribution in [0.15, 0.2) is 39.5 Å². The summed E-state index contributed by atoms with van der Waals surface area (Å²) in [6.45, 7) is 3.57. The average molecular weight is 580 g/mol. The highest BCUT2D eigenvalue weighted by Crippen LogP contribution is 2.41. The first-order valence-corrected chi connectivity index (χ1v) is 14.0. The van der Waals surface area contributed by atoms with Gasteiger partial charge in [0.2, 0.25) is 0 Å². The van der Waals surface area contributed by atoms with E-state index in [0.29, 0.717) is 22.9 Å². The normalized spacial score (nSPS) is 23.5. The molecular formula is C21H25N9O5S3. The number of nitrogens with zero attached hydrogens (tertiary/aromatic N) is 5. The third-order valence-corrected chi connectivity index (χ3v) is 8.82. The number of carbonyl (C=O) groups excluding carboxylic acids is 2. The van der Waals surface area contributed by atoms with Crippen LogP contribution >= 0.6 is 34.9 Å². The van der Waals surface area contributed by atoms with Crippen molar-refractivity contribution < 1.29 is 24.3 Å². The monoisotopic (exact) mass is 579 g/mol. The highest BCUT2D eigenvalue weighted by molar-refractivity contribution is 8.14. The number of amidine groups is 2. The Balaban J connectivity index is 1.49. The largest absolute Gasteiger partial charge is 0.477 e. The molecule has 0 bridgehead atoms. The number of hydrogen-bond acceptors (Lipinski definition) is 13. The number of carbonyl (C=O) groups is 3. The average Bonchev–Trinajstić information content (AvgIpc) is 3.31. The van der Waals surface area contributed by atoms with Gasteiger partial charge in [0.1, 0.15) is 35.2 Å². The SMILES string of the molecule is C=CCON=C(C(=O)NC1C(=O)N2C(C(=O)O)=C(CSC3=NC(=N)CC(N)N3C)CS[C@@H]12)c1csc(N)n1. The molecule has 17 heteroatoms. The highest BCUT2D eigenvalue weighted by atomic mass is 32.2. The number of carboxylic acids is 1. The summed E-state index contributed by atoms with van der Waals surface area (Å²) < 4.78 is 0. The number of oxime groups is 1. The first kappa shape index (κ1) is 27.6. The number of aliphatic imine (C=N–C) groups is 1. The smallest absolute Gasteiger partial charge is 0.352 e. The van der Waals surface area contributed by atoms with Crippen LogP contribution in [0.5, 0.6) is 0 Å². The second kappa shape index (κ2) is 11.5. The van der Waals surface area contributed by atoms with Gasteiger partial charge in [-0.2, -0.15) is 0 Å². The number of thioether (sulfide) groups is 2. The van der Waals surface area contributed by atoms with Crippen molar-refractivity contribution in [3.63, 3.8) is 0 Å². The van der Waals surface area contributed by atoms with Gasteiger partial charge in [-0.05, 0) is 5.57 Å². The van der Waals surface area contributed by atoms with Crippen LogP contribution in [0.2, 0.25) is 0 Å². The number of nitrogens with two attached hydrogens (primary N) is 2. The Labute approximate surface area is 229 Å². The van der Waals surface area contributed by atoms with Gasteiger partial charge in [-0.3, -0.25) is 19.9 Å². The van der Waals surface area contributed by atoms with E-state index in [-0.39, 0.29) is 40.4 Å². The van der Waals surface area contributed by atoms with Crippen LogP contribution in [0.1, 0.15) is 12.1 Å². The van der Waals surface area contributed by atoms with Crippen LogP contribution in [-0.2, 0) is 19.2 Å². The van der Waals surface area contributed by atoms with Crippen LogP contribution in [0.3, 0.4) is 0 Å². The van der Waals surface area contributed by atoms with Crippen molar-refractivity contribution in [3.05, 3.63) is 35.0 Å². The van der Waals surface area contributed by atoms with E-state index in [9.17, 15) is 19.5 Å². The van der Waals surface area contributed by atoms with Gasteiger partial charge in [0.05, 0.1) is 6.17 Å². The summed E-state index contributed by atoms with van der Waals surface area (Å²) in [5, 5.41) is 25.9. The molecule has 202 valence electrons. The van der Waals surface area contributed by atoms with E-state index in [1.165, 1.54) is 39.9 Å². The quantitative estimate of drug-likeness (QED) is 0.0867. The summed E-state index contributed by atoms with van der Waals surface area (Å²) in [5.41, 5.74) is 12.1. The maximum Gasteiger partial charge on any atom is 0.352 e. The second-order valence-electron chi connectivity index (χ2n) is 8.23. The number of nitrogens with one attached hydrogen (secondary N) is 2. The molecule has 0 aromatic carbocycles. The molecule has 4 rings (SSSR count). The molecule has 14 nitrogen and oxygen atoms in total. The third kappa shape index (κ3) is 5.54. The Kier molecular flexibility index (Phi) is 8.39. The van der Waals surface area contributed by atoms with Crippen molar-refractivity contribution in [2.24, 2.45) is 15.9 Å². The number of nitrogen functional groups attached to an aromatic ring is 1. The summed E-state index contributed by atoms with van der Waals surface area (Å²) >= 11 is 3.70. The van der Waals surface area contributed by atoms with Crippen LogP contribution in [0, 0.1) is 5.41 Å². The summed E-state index contributed by atoms with van der Waals surface area (Å²) in [6, 6.07) is -0.969. The minimum Gasteiger partial charge on any atom is -0.477 e. The zero-order valence-electron chi connectivity index (χ0n) is 20.1. The number of amides is 2. The molecule has 1 saturated heterocycles. The number of thiazole rings is 1. The van der Waals surface area contributed by atoms with Gasteiger partial charge in [-0.1, -0.05) is 29.6 Å². The van der Waals surface area contributed by atoms with E-state index in [1.54, 1.807) is 11.9 Å². The number of aliphatic carboxylic acids is 1. The standard InChI is InChI=1S/C21H25N9O5S3/c1-3-4-35-28-13(10-8-37-20(24)25-10)16(31)27-14-17(32)30-15(19(33)34)9(6-36-18(14)30)7-38-21-26-11(22)5-12(23)29(21)2/h3,8,12,14,18,22H,1,4-7,23H2,2H3,(H2,24,25)(H,27,31)(H,33,34)/t12?,14?,18-/m0/s1. The molecule has 0 saturated carbocycles. The van der Waals surface area contributed by atoms with E-state index in [2.05, 4.69) is 27.0 Å². The Morgan fingerprint density at radius 3 is 2.92 bits per heavy atom. The zero-order chi connectivity index (χ0) is 27.6. The Morgan fingerprint density at radius 2 is 2.26 bits per heavy atom. The zero-order valence-corrected chi connectivity index (χ0v) is 22.6. The van der Waals surface area contributed by atoms with Crippen LogP contribution in [0.25, 0.3) is 0 Å². The lowest BCUT2D eigenvalue weighted by Crippen LogP contribution is -2.71. The molecule has 0 spiro atoms. The fraction of sp³-hybridized carbons (Fsp3) is 0.381. The van der Waals surface area contributed by atoms with Gasteiger partial charge >= 0.3 is 5.97 Å². The Bertz CT molecular complexity index is 1280. The number of anilines is 1. The van der Waals surface area contributed by atoms with Gasteiger partial charge in [0, 0.05) is 30.4 Å². The molecule has 1 fully saturated rings. The number of rotatable bonds is 9. The van der Waals surface area contributed by atoms with Gasteiger partial charge in [0.25, 0.3) is 11.8 Å². The predicted octanol–water partition coefficient (Wildman–Crippen LogP) is 0.0574. The molecular weight excluding hydrogens is 554 g/mol. The molecule has 38 heavy (non-hydrogen) atoms. The summed E-state index contributed by atoms with van der Waals surface area (Å²) in [4.78, 5) is 54.5. The van der Waals surface area contributed by atoms with Crippen molar-refractivity contribution in [1.29, 1.82) is 5.41 Å². The molecule has 1 aromatic rings. The molecule has 3 aliphatic heterocycles. The predicted molar refractivity (Wildman–Crippen MR) is 147 cm³/mol. The van der Waals surface area contributed by atoms with Crippen molar-refractivity contribution in [3.8, 4) is 0 Å². The van der Waals surface area contributed by atoms with E-state index in [0.717, 1.165) is 11.3 Å². The minimum absolute atomic E-state index is 0.0495. The van der Waals surface area contributed by atoms with Gasteiger partial charge in [-0.15, -0.1) is 23.1 Å². The van der Waals surface area contributed by atoms with Crippen LogP contribution in [0.4, 0.5) is 5.13 Å². The first-order valence-electron chi connectivity index (χ1n) is 11.1. The lowest BCUT2D eigenvalue weighted by molar-refractivity contribution is -0.150. The lowest BCUT2D eigenvalue weighted by Gasteiger charge is -2.49. The van der Waals surface area contributed by atoms with Gasteiger partial charge in [0.15, 0.2) is 16.0 Å². The number of fused-ring (bicyclic) bond motifs is 1. The van der Waals surface area contributed by atoms with Crippen molar-refractivity contribution >= 4 is 74.5 Å². The lowest BCUT2D eigenvalue weighted by atomic mass is 10.0. The summed E-state index contributed by atoms with van der Waals surface area (Å²) in [7, 11) is 1.76. The number of hydrogen-bond donors (Lipinski definition) is 5. The fourth-order valence-corrected chi connectivity index (χ4v) is 6.84. The number of aromatic nitrogens is 1. The molecule has 4 heterocycles. The van der Waals surface area contributed by atoms with Crippen molar-refractivity contribution in [1.82, 2.24) is 20.1 Å². The van der Waals surface area contributed by atoms with Gasteiger partial charge in [-0.25, -0.2) is 14.8 Å². The first-order chi connectivity index (χ1) is 18.1. The van der Waals surface area contributed by atoms with E-state index in [4.69, 9.17) is 21.7 Å². The van der Waals surface area contributed by atoms with Crippen molar-refractivity contribution in [2.75, 3.05) is 30.9 Å².